The molecule has 3 N–H and O–H groups in total. The molecule has 0 amide bonds. The van der Waals surface area contributed by atoms with E-state index in [9.17, 15) is 0 Å². The zero-order valence-corrected chi connectivity index (χ0v) is 14.2. The van der Waals surface area contributed by atoms with Crippen LogP contribution in [0.5, 0.6) is 11.5 Å². The molecule has 0 unspecified atom stereocenters. The van der Waals surface area contributed by atoms with Gasteiger partial charge in [-0.25, -0.2) is 0 Å². The van der Waals surface area contributed by atoms with Crippen LogP contribution >= 0.6 is 23.2 Å². The number of benzene rings is 2. The lowest BCUT2D eigenvalue weighted by atomic mass is 10.2. The van der Waals surface area contributed by atoms with Crippen LogP contribution in [0.15, 0.2) is 36.4 Å². The number of hydrogen-bond acceptors (Lipinski definition) is 7. The number of fused-ring (bicyclic) bond motifs is 1. The minimum Gasteiger partial charge on any atom is -0.454 e. The number of nitrogen functional groups attached to an aromatic ring is 1. The number of rotatable bonds is 3. The molecule has 1 aliphatic heterocycles. The minimum atomic E-state index is 0.0595. The Kier molecular flexibility index (Phi) is 3.95. The number of nitrogens with two attached hydrogens (primary N) is 1. The van der Waals surface area contributed by atoms with Gasteiger partial charge in [0.25, 0.3) is 0 Å². The molecule has 9 heteroatoms. The second-order valence-corrected chi connectivity index (χ2v) is 6.00. The molecular weight excluding hydrogens is 365 g/mol. The second-order valence-electron chi connectivity index (χ2n) is 5.16. The van der Waals surface area contributed by atoms with E-state index >= 15 is 0 Å². The lowest BCUT2D eigenvalue weighted by Gasteiger charge is -2.09. The SMILES string of the molecule is Nc1nc(Nc2ccc3c(c2)OCO3)nc(-c2cc(Cl)ccc2Cl)n1. The molecule has 1 aliphatic rings. The highest BCUT2D eigenvalue weighted by Gasteiger charge is 2.15. The normalized spacial score (nSPS) is 12.2. The highest BCUT2D eigenvalue weighted by Crippen LogP contribution is 2.35. The number of ether oxygens (including phenoxy) is 2. The maximum Gasteiger partial charge on any atom is 0.232 e. The van der Waals surface area contributed by atoms with Gasteiger partial charge in [-0.15, -0.1) is 0 Å². The Hall–Kier alpha value is -2.77. The van der Waals surface area contributed by atoms with E-state index in [1.165, 1.54) is 0 Å². The Labute approximate surface area is 152 Å². The monoisotopic (exact) mass is 375 g/mol. The molecular formula is C16H11Cl2N5O2. The Morgan fingerprint density at radius 3 is 2.68 bits per heavy atom. The lowest BCUT2D eigenvalue weighted by molar-refractivity contribution is 0.174. The third kappa shape index (κ3) is 3.24. The number of nitrogens with zero attached hydrogens (tertiary/aromatic N) is 3. The molecule has 7 nitrogen and oxygen atoms in total. The molecule has 0 radical (unpaired) electrons. The van der Waals surface area contributed by atoms with Crippen molar-refractivity contribution in [1.29, 1.82) is 0 Å². The van der Waals surface area contributed by atoms with Crippen LogP contribution < -0.4 is 20.5 Å². The van der Waals surface area contributed by atoms with Crippen LogP contribution in [0.2, 0.25) is 10.0 Å². The van der Waals surface area contributed by atoms with Gasteiger partial charge in [0.2, 0.25) is 18.7 Å². The summed E-state index contributed by atoms with van der Waals surface area (Å²) in [4.78, 5) is 12.6. The summed E-state index contributed by atoms with van der Waals surface area (Å²) in [5.41, 5.74) is 7.09. The van der Waals surface area contributed by atoms with Crippen molar-refractivity contribution in [3.63, 3.8) is 0 Å². The van der Waals surface area contributed by atoms with E-state index in [4.69, 9.17) is 38.4 Å². The highest BCUT2D eigenvalue weighted by molar-refractivity contribution is 6.35. The summed E-state index contributed by atoms with van der Waals surface area (Å²) in [6, 6.07) is 10.4. The van der Waals surface area contributed by atoms with Gasteiger partial charge in [0.05, 0.1) is 5.02 Å². The first-order chi connectivity index (χ1) is 12.1. The third-order valence-electron chi connectivity index (χ3n) is 3.45. The fraction of sp³-hybridized carbons (Fsp3) is 0.0625. The predicted octanol–water partition coefficient (Wildman–Crippen LogP) is 3.90. The van der Waals surface area contributed by atoms with Crippen LogP contribution in [0, 0.1) is 0 Å². The molecule has 0 saturated heterocycles. The molecule has 0 spiro atoms. The quantitative estimate of drug-likeness (QED) is 0.716. The Balaban J connectivity index is 1.69. The van der Waals surface area contributed by atoms with Crippen LogP contribution in [0.25, 0.3) is 11.4 Å². The van der Waals surface area contributed by atoms with E-state index in [1.54, 1.807) is 30.3 Å². The largest absolute Gasteiger partial charge is 0.454 e. The summed E-state index contributed by atoms with van der Waals surface area (Å²) in [5, 5.41) is 4.04. The van der Waals surface area contributed by atoms with Crippen LogP contribution in [0.3, 0.4) is 0 Å². The number of hydrogen-bond donors (Lipinski definition) is 2. The molecule has 2 aromatic carbocycles. The van der Waals surface area contributed by atoms with E-state index in [2.05, 4.69) is 20.3 Å². The van der Waals surface area contributed by atoms with Gasteiger partial charge >= 0.3 is 0 Å². The summed E-state index contributed by atoms with van der Waals surface area (Å²) < 4.78 is 10.6. The summed E-state index contributed by atoms with van der Waals surface area (Å²) in [7, 11) is 0. The maximum absolute atomic E-state index is 6.21. The van der Waals surface area contributed by atoms with E-state index in [0.717, 1.165) is 5.69 Å². The van der Waals surface area contributed by atoms with Crippen molar-refractivity contribution in [2.45, 2.75) is 0 Å². The van der Waals surface area contributed by atoms with Gasteiger partial charge in [0, 0.05) is 22.3 Å². The Bertz CT molecular complexity index is 967. The number of halogens is 2. The van der Waals surface area contributed by atoms with Crippen molar-refractivity contribution in [3.8, 4) is 22.9 Å². The smallest absolute Gasteiger partial charge is 0.232 e. The molecule has 0 bridgehead atoms. The van der Waals surface area contributed by atoms with Crippen LogP contribution in [0.1, 0.15) is 0 Å². The molecule has 0 aliphatic carbocycles. The molecule has 0 fully saturated rings. The molecule has 0 saturated carbocycles. The third-order valence-corrected chi connectivity index (χ3v) is 4.02. The first-order valence-corrected chi connectivity index (χ1v) is 7.98. The van der Waals surface area contributed by atoms with Gasteiger partial charge in [0.1, 0.15) is 0 Å². The van der Waals surface area contributed by atoms with Gasteiger partial charge in [-0.1, -0.05) is 23.2 Å². The van der Waals surface area contributed by atoms with Crippen LogP contribution in [0.4, 0.5) is 17.6 Å². The van der Waals surface area contributed by atoms with E-state index in [1.807, 2.05) is 6.07 Å². The molecule has 126 valence electrons. The van der Waals surface area contributed by atoms with Gasteiger partial charge in [-0.05, 0) is 30.3 Å². The zero-order valence-electron chi connectivity index (χ0n) is 12.7. The summed E-state index contributed by atoms with van der Waals surface area (Å²) in [6.45, 7) is 0.203. The molecule has 1 aromatic heterocycles. The van der Waals surface area contributed by atoms with Crippen molar-refractivity contribution in [2.24, 2.45) is 0 Å². The molecule has 0 atom stereocenters. The Morgan fingerprint density at radius 1 is 0.960 bits per heavy atom. The van der Waals surface area contributed by atoms with Gasteiger partial charge < -0.3 is 20.5 Å². The van der Waals surface area contributed by atoms with Crippen molar-refractivity contribution in [2.75, 3.05) is 17.8 Å². The number of aromatic nitrogens is 3. The predicted molar refractivity (Wildman–Crippen MR) is 95.5 cm³/mol. The average molecular weight is 376 g/mol. The summed E-state index contributed by atoms with van der Waals surface area (Å²) >= 11 is 12.2. The highest BCUT2D eigenvalue weighted by atomic mass is 35.5. The Morgan fingerprint density at radius 2 is 1.80 bits per heavy atom. The lowest BCUT2D eigenvalue weighted by Crippen LogP contribution is -2.05. The van der Waals surface area contributed by atoms with Gasteiger partial charge in [-0.3, -0.25) is 0 Å². The van der Waals surface area contributed by atoms with Crippen molar-refractivity contribution in [3.05, 3.63) is 46.4 Å². The first-order valence-electron chi connectivity index (χ1n) is 7.22. The average Bonchev–Trinajstić information content (AvgIpc) is 3.04. The van der Waals surface area contributed by atoms with E-state index in [-0.39, 0.29) is 18.7 Å². The van der Waals surface area contributed by atoms with E-state index in [0.29, 0.717) is 32.9 Å². The van der Waals surface area contributed by atoms with Gasteiger partial charge in [-0.2, -0.15) is 15.0 Å². The maximum atomic E-state index is 6.21. The van der Waals surface area contributed by atoms with Crippen LogP contribution in [-0.2, 0) is 0 Å². The van der Waals surface area contributed by atoms with Crippen molar-refractivity contribution < 1.29 is 9.47 Å². The number of anilines is 3. The second kappa shape index (κ2) is 6.27. The first kappa shape index (κ1) is 15.7. The molecule has 3 aromatic rings. The minimum absolute atomic E-state index is 0.0595. The summed E-state index contributed by atoms with van der Waals surface area (Å²) in [6.07, 6.45) is 0. The topological polar surface area (TPSA) is 95.2 Å². The summed E-state index contributed by atoms with van der Waals surface area (Å²) in [5.74, 6) is 1.99. The molecule has 25 heavy (non-hydrogen) atoms. The van der Waals surface area contributed by atoms with Gasteiger partial charge in [0.15, 0.2) is 17.3 Å². The fourth-order valence-corrected chi connectivity index (χ4v) is 2.72. The number of nitrogens with one attached hydrogen (secondary N) is 1. The van der Waals surface area contributed by atoms with Crippen molar-refractivity contribution >= 4 is 40.8 Å². The molecule has 4 rings (SSSR count). The fourth-order valence-electron chi connectivity index (χ4n) is 2.34. The van der Waals surface area contributed by atoms with Crippen molar-refractivity contribution in [1.82, 2.24) is 15.0 Å². The standard InChI is InChI=1S/C16H11Cl2N5O2/c17-8-1-3-11(18)10(5-8)14-21-15(19)23-16(22-14)20-9-2-4-12-13(6-9)25-7-24-12/h1-6H,7H2,(H3,19,20,21,22,23). The van der Waals surface area contributed by atoms with Crippen LogP contribution in [-0.4, -0.2) is 21.7 Å². The molecule has 2 heterocycles. The zero-order chi connectivity index (χ0) is 17.4. The van der Waals surface area contributed by atoms with E-state index < -0.39 is 0 Å².